The van der Waals surface area contributed by atoms with E-state index in [1.807, 2.05) is 0 Å². The molecule has 0 aliphatic heterocycles. The van der Waals surface area contributed by atoms with Crippen LogP contribution in [0, 0.1) is 0 Å². The van der Waals surface area contributed by atoms with E-state index in [0.29, 0.717) is 0 Å². The Kier molecular flexibility index (Phi) is 4.07. The summed E-state index contributed by atoms with van der Waals surface area (Å²) in [6.07, 6.45) is 4.24. The van der Waals surface area contributed by atoms with Crippen LogP contribution in [0.2, 0.25) is 16.6 Å². The van der Waals surface area contributed by atoms with Gasteiger partial charge in [-0.25, -0.2) is 0 Å². The van der Waals surface area contributed by atoms with Gasteiger partial charge in [0.2, 0.25) is 0 Å². The van der Waals surface area contributed by atoms with Gasteiger partial charge in [-0.3, -0.25) is 0 Å². The maximum absolute atomic E-state index is 4.07. The molecule has 0 heterocycles. The first kappa shape index (κ1) is 15.0. The highest BCUT2D eigenvalue weighted by Crippen LogP contribution is 2.52. The minimum atomic E-state index is -1.82. The van der Waals surface area contributed by atoms with Gasteiger partial charge in [-0.05, 0) is 10.1 Å². The SMILES string of the molecule is C=CC(C)(C)[Si](C)(c1ccccc1)C(C)(C)C=C. The Bertz CT molecular complexity index is 406. The Labute approximate surface area is 113 Å². The molecule has 0 fully saturated rings. The lowest BCUT2D eigenvalue weighted by Crippen LogP contribution is -2.59. The van der Waals surface area contributed by atoms with Crippen LogP contribution in [0.3, 0.4) is 0 Å². The van der Waals surface area contributed by atoms with Crippen molar-refractivity contribution in [2.75, 3.05) is 0 Å². The average molecular weight is 258 g/mol. The van der Waals surface area contributed by atoms with Crippen molar-refractivity contribution >= 4 is 13.3 Å². The van der Waals surface area contributed by atoms with Crippen LogP contribution in [0.25, 0.3) is 0 Å². The van der Waals surface area contributed by atoms with E-state index in [0.717, 1.165) is 0 Å². The van der Waals surface area contributed by atoms with Gasteiger partial charge in [0.25, 0.3) is 0 Å². The lowest BCUT2D eigenvalue weighted by Gasteiger charge is -2.50. The van der Waals surface area contributed by atoms with Crippen molar-refractivity contribution in [3.8, 4) is 0 Å². The maximum atomic E-state index is 4.07. The molecule has 0 atom stereocenters. The summed E-state index contributed by atoms with van der Waals surface area (Å²) >= 11 is 0. The summed E-state index contributed by atoms with van der Waals surface area (Å²) in [5, 5.41) is 1.71. The van der Waals surface area contributed by atoms with Crippen LogP contribution < -0.4 is 5.19 Å². The van der Waals surface area contributed by atoms with Crippen molar-refractivity contribution in [3.05, 3.63) is 55.6 Å². The van der Waals surface area contributed by atoms with Crippen molar-refractivity contribution in [1.29, 1.82) is 0 Å². The second kappa shape index (κ2) is 4.89. The predicted molar refractivity (Wildman–Crippen MR) is 86.2 cm³/mol. The first-order valence-corrected chi connectivity index (χ1v) is 9.05. The fourth-order valence-electron chi connectivity index (χ4n) is 2.75. The molecule has 0 unspecified atom stereocenters. The molecule has 18 heavy (non-hydrogen) atoms. The minimum Gasteiger partial charge on any atom is -0.103 e. The Morgan fingerprint density at radius 1 is 0.889 bits per heavy atom. The van der Waals surface area contributed by atoms with E-state index in [1.54, 1.807) is 0 Å². The van der Waals surface area contributed by atoms with Crippen LogP contribution in [0.15, 0.2) is 55.6 Å². The summed E-state index contributed by atoms with van der Waals surface area (Å²) < 4.78 is 0. The van der Waals surface area contributed by atoms with Crippen LogP contribution in [-0.2, 0) is 0 Å². The van der Waals surface area contributed by atoms with Crippen LogP contribution in [0.5, 0.6) is 0 Å². The molecule has 1 aromatic rings. The van der Waals surface area contributed by atoms with Crippen LogP contribution in [-0.4, -0.2) is 8.07 Å². The maximum Gasteiger partial charge on any atom is 0.102 e. The topological polar surface area (TPSA) is 0 Å². The van der Waals surface area contributed by atoms with Gasteiger partial charge in [0.1, 0.15) is 8.07 Å². The fourth-order valence-corrected chi connectivity index (χ4v) is 7.58. The van der Waals surface area contributed by atoms with Gasteiger partial charge in [-0.1, -0.05) is 81.9 Å². The van der Waals surface area contributed by atoms with Crippen molar-refractivity contribution < 1.29 is 0 Å². The van der Waals surface area contributed by atoms with Crippen molar-refractivity contribution in [1.82, 2.24) is 0 Å². The number of rotatable bonds is 5. The molecule has 0 aliphatic rings. The molecular weight excluding hydrogens is 232 g/mol. The first-order valence-electron chi connectivity index (χ1n) is 6.55. The number of allylic oxidation sites excluding steroid dienone is 2. The van der Waals surface area contributed by atoms with Gasteiger partial charge in [0.05, 0.1) is 0 Å². The molecule has 0 aliphatic carbocycles. The van der Waals surface area contributed by atoms with Gasteiger partial charge in [0, 0.05) is 0 Å². The van der Waals surface area contributed by atoms with E-state index in [2.05, 4.69) is 89.9 Å². The summed E-state index contributed by atoms with van der Waals surface area (Å²) in [7, 11) is -1.82. The molecule has 0 saturated heterocycles. The summed E-state index contributed by atoms with van der Waals surface area (Å²) in [5.41, 5.74) is 0. The summed E-state index contributed by atoms with van der Waals surface area (Å²) in [6.45, 7) is 19.8. The van der Waals surface area contributed by atoms with Crippen LogP contribution in [0.1, 0.15) is 27.7 Å². The molecule has 0 nitrogen and oxygen atoms in total. The minimum absolute atomic E-state index is 0.117. The third kappa shape index (κ3) is 2.12. The molecule has 0 aromatic heterocycles. The first-order chi connectivity index (χ1) is 8.23. The normalized spacial score (nSPS) is 13.2. The van der Waals surface area contributed by atoms with Crippen molar-refractivity contribution in [2.45, 2.75) is 44.3 Å². The van der Waals surface area contributed by atoms with Gasteiger partial charge >= 0.3 is 0 Å². The van der Waals surface area contributed by atoms with Crippen LogP contribution >= 0.6 is 0 Å². The highest BCUT2D eigenvalue weighted by Gasteiger charge is 2.51. The Morgan fingerprint density at radius 2 is 1.28 bits per heavy atom. The van der Waals surface area contributed by atoms with Crippen molar-refractivity contribution in [2.24, 2.45) is 0 Å². The van der Waals surface area contributed by atoms with E-state index in [-0.39, 0.29) is 10.1 Å². The molecule has 0 radical (unpaired) electrons. The van der Waals surface area contributed by atoms with E-state index in [4.69, 9.17) is 0 Å². The Hall–Kier alpha value is -1.08. The molecule has 0 spiro atoms. The van der Waals surface area contributed by atoms with Gasteiger partial charge in [0.15, 0.2) is 0 Å². The number of hydrogen-bond acceptors (Lipinski definition) is 0. The number of benzene rings is 1. The van der Waals surface area contributed by atoms with E-state index < -0.39 is 8.07 Å². The highest BCUT2D eigenvalue weighted by atomic mass is 28.3. The molecule has 98 valence electrons. The summed E-state index contributed by atoms with van der Waals surface area (Å²) in [6, 6.07) is 10.9. The van der Waals surface area contributed by atoms with Gasteiger partial charge in [-0.2, -0.15) is 0 Å². The van der Waals surface area contributed by atoms with E-state index in [9.17, 15) is 0 Å². The zero-order valence-electron chi connectivity index (χ0n) is 12.5. The number of hydrogen-bond donors (Lipinski definition) is 0. The largest absolute Gasteiger partial charge is 0.103 e. The zero-order valence-corrected chi connectivity index (χ0v) is 13.5. The van der Waals surface area contributed by atoms with Gasteiger partial charge in [-0.15, -0.1) is 13.2 Å². The average Bonchev–Trinajstić information content (AvgIpc) is 2.38. The fraction of sp³-hybridized carbons (Fsp3) is 0.412. The second-order valence-electron chi connectivity index (χ2n) is 6.34. The molecule has 1 rings (SSSR count). The smallest absolute Gasteiger partial charge is 0.102 e. The zero-order chi connectivity index (χ0) is 14.0. The quantitative estimate of drug-likeness (QED) is 0.520. The third-order valence-corrected chi connectivity index (χ3v) is 12.0. The third-order valence-electron chi connectivity index (χ3n) is 4.95. The molecule has 0 bridgehead atoms. The highest BCUT2D eigenvalue weighted by molar-refractivity contribution is 6.96. The van der Waals surface area contributed by atoms with E-state index in [1.165, 1.54) is 5.19 Å². The molecule has 0 amide bonds. The monoisotopic (exact) mass is 258 g/mol. The molecule has 1 heteroatoms. The lowest BCUT2D eigenvalue weighted by molar-refractivity contribution is 0.715. The standard InChI is InChI=1S/C17H26Si/c1-8-16(3,4)18(7,17(5,6)9-2)15-13-11-10-12-14-15/h8-14H,1-2H2,3-7H3. The van der Waals surface area contributed by atoms with E-state index >= 15 is 0 Å². The lowest BCUT2D eigenvalue weighted by atomic mass is 10.2. The summed E-state index contributed by atoms with van der Waals surface area (Å²) in [4.78, 5) is 0. The second-order valence-corrected chi connectivity index (χ2v) is 11.7. The Morgan fingerprint density at radius 3 is 1.61 bits per heavy atom. The van der Waals surface area contributed by atoms with Crippen LogP contribution in [0.4, 0.5) is 0 Å². The van der Waals surface area contributed by atoms with Crippen molar-refractivity contribution in [3.63, 3.8) is 0 Å². The molecule has 0 saturated carbocycles. The Balaban J connectivity index is 3.55. The summed E-state index contributed by atoms with van der Waals surface area (Å²) in [5.74, 6) is 0. The molecule has 0 N–H and O–H groups in total. The molecule has 1 aromatic carbocycles. The van der Waals surface area contributed by atoms with Gasteiger partial charge < -0.3 is 0 Å². The predicted octanol–water partition coefficient (Wildman–Crippen LogP) is 4.90. The molecular formula is C17H26Si.